The molecule has 0 spiro atoms. The van der Waals surface area contributed by atoms with Crippen molar-refractivity contribution >= 4 is 44.9 Å². The highest BCUT2D eigenvalue weighted by Gasteiger charge is 2.56. The van der Waals surface area contributed by atoms with Crippen LogP contribution in [0, 0.1) is 18.2 Å². The zero-order valence-electron chi connectivity index (χ0n) is 17.6. The van der Waals surface area contributed by atoms with Gasteiger partial charge in [-0.25, -0.2) is 14.4 Å². The molecule has 7 nitrogen and oxygen atoms in total. The van der Waals surface area contributed by atoms with E-state index >= 15 is 0 Å². The van der Waals surface area contributed by atoms with Crippen molar-refractivity contribution in [2.45, 2.75) is 19.8 Å². The molecule has 0 radical (unpaired) electrons. The van der Waals surface area contributed by atoms with Gasteiger partial charge in [0.15, 0.2) is 11.6 Å². The lowest BCUT2D eigenvalue weighted by molar-refractivity contribution is -0.131. The first-order valence-electron chi connectivity index (χ1n) is 10.3. The third kappa shape index (κ3) is 4.27. The molecular formula is C24H19FN4O3S. The number of nitrogens with zero attached hydrogens (tertiary/aromatic N) is 2. The number of amides is 2. The Morgan fingerprint density at radius 3 is 2.39 bits per heavy atom. The minimum Gasteiger partial charge on any atom is -0.436 e. The zero-order valence-corrected chi connectivity index (χ0v) is 18.4. The van der Waals surface area contributed by atoms with Gasteiger partial charge in [-0.1, -0.05) is 29.5 Å². The summed E-state index contributed by atoms with van der Waals surface area (Å²) in [6.07, 6.45) is 0.874. The van der Waals surface area contributed by atoms with E-state index in [4.69, 9.17) is 4.74 Å². The normalized spacial score (nSPS) is 14.0. The molecule has 2 aromatic heterocycles. The number of pyridine rings is 1. The SMILES string of the molecule is Cc1nc2ccc(Oc3ccc(NC(=O)C4(C(=O)Nc5ccccc5)CC4)cc3F)nc2s1. The van der Waals surface area contributed by atoms with Crippen LogP contribution in [-0.2, 0) is 9.59 Å². The first kappa shape index (κ1) is 21.0. The average molecular weight is 463 g/mol. The van der Waals surface area contributed by atoms with Crippen molar-refractivity contribution < 1.29 is 18.7 Å². The minimum atomic E-state index is -1.15. The quantitative estimate of drug-likeness (QED) is 0.380. The van der Waals surface area contributed by atoms with Gasteiger partial charge in [0.2, 0.25) is 17.7 Å². The number of anilines is 2. The number of para-hydroxylation sites is 1. The number of hydrogen-bond donors (Lipinski definition) is 2. The lowest BCUT2D eigenvalue weighted by atomic mass is 10.0. The maximum absolute atomic E-state index is 14.7. The van der Waals surface area contributed by atoms with Crippen molar-refractivity contribution in [1.29, 1.82) is 0 Å². The Bertz CT molecular complexity index is 1370. The van der Waals surface area contributed by atoms with Crippen LogP contribution in [0.3, 0.4) is 0 Å². The smallest absolute Gasteiger partial charge is 0.240 e. The molecule has 1 fully saturated rings. The van der Waals surface area contributed by atoms with Crippen LogP contribution in [0.5, 0.6) is 11.6 Å². The van der Waals surface area contributed by atoms with E-state index < -0.39 is 17.1 Å². The van der Waals surface area contributed by atoms with Gasteiger partial charge >= 0.3 is 0 Å². The van der Waals surface area contributed by atoms with E-state index in [0.717, 1.165) is 16.6 Å². The van der Waals surface area contributed by atoms with Gasteiger partial charge in [-0.3, -0.25) is 9.59 Å². The number of hydrogen-bond acceptors (Lipinski definition) is 6. The predicted octanol–water partition coefficient (Wildman–Crippen LogP) is 5.29. The molecule has 166 valence electrons. The van der Waals surface area contributed by atoms with Gasteiger partial charge < -0.3 is 15.4 Å². The largest absolute Gasteiger partial charge is 0.436 e. The highest BCUT2D eigenvalue weighted by Crippen LogP contribution is 2.47. The van der Waals surface area contributed by atoms with Crippen molar-refractivity contribution in [2.75, 3.05) is 10.6 Å². The van der Waals surface area contributed by atoms with Crippen molar-refractivity contribution in [3.63, 3.8) is 0 Å². The summed E-state index contributed by atoms with van der Waals surface area (Å²) in [5.74, 6) is -1.27. The molecule has 1 saturated carbocycles. The standard InChI is InChI=1S/C24H19FN4O3S/c1-14-26-18-8-10-20(29-21(18)33-14)32-19-9-7-16(13-17(19)25)28-23(31)24(11-12-24)22(30)27-15-5-3-2-4-6-15/h2-10,13H,11-12H2,1H3,(H,27,30)(H,28,31). The number of thiazole rings is 1. The minimum absolute atomic E-state index is 0.0240. The lowest BCUT2D eigenvalue weighted by Gasteiger charge is -2.16. The molecule has 2 N–H and O–H groups in total. The molecule has 0 aliphatic heterocycles. The number of benzene rings is 2. The molecule has 0 unspecified atom stereocenters. The molecule has 9 heteroatoms. The summed E-state index contributed by atoms with van der Waals surface area (Å²) >= 11 is 1.43. The molecule has 0 bridgehead atoms. The fraction of sp³-hybridized carbons (Fsp3) is 0.167. The van der Waals surface area contributed by atoms with Crippen LogP contribution in [0.25, 0.3) is 10.3 Å². The van der Waals surface area contributed by atoms with Crippen molar-refractivity contribution in [3.8, 4) is 11.6 Å². The number of halogens is 1. The summed E-state index contributed by atoms with van der Waals surface area (Å²) in [7, 11) is 0. The highest BCUT2D eigenvalue weighted by molar-refractivity contribution is 7.18. The fourth-order valence-corrected chi connectivity index (χ4v) is 4.22. The van der Waals surface area contributed by atoms with Gasteiger partial charge in [0.1, 0.15) is 15.8 Å². The average Bonchev–Trinajstić information content (AvgIpc) is 3.53. The van der Waals surface area contributed by atoms with Crippen molar-refractivity contribution in [1.82, 2.24) is 9.97 Å². The Labute approximate surface area is 192 Å². The van der Waals surface area contributed by atoms with Crippen LogP contribution < -0.4 is 15.4 Å². The van der Waals surface area contributed by atoms with Gasteiger partial charge in [0.25, 0.3) is 0 Å². The molecule has 33 heavy (non-hydrogen) atoms. The van der Waals surface area contributed by atoms with Crippen LogP contribution in [0.2, 0.25) is 0 Å². The summed E-state index contributed by atoms with van der Waals surface area (Å²) in [6.45, 7) is 1.89. The van der Waals surface area contributed by atoms with Gasteiger partial charge in [-0.2, -0.15) is 0 Å². The number of carbonyl (C=O) groups excluding carboxylic acids is 2. The fourth-order valence-electron chi connectivity index (χ4n) is 3.44. The second-order valence-electron chi connectivity index (χ2n) is 7.81. The first-order chi connectivity index (χ1) is 15.9. The van der Waals surface area contributed by atoms with Crippen LogP contribution in [0.15, 0.2) is 60.7 Å². The Balaban J connectivity index is 1.27. The summed E-state index contributed by atoms with van der Waals surface area (Å²) in [5.41, 5.74) is 0.474. The topological polar surface area (TPSA) is 93.2 Å². The third-order valence-electron chi connectivity index (χ3n) is 5.39. The maximum Gasteiger partial charge on any atom is 0.240 e. The Morgan fingerprint density at radius 2 is 1.70 bits per heavy atom. The van der Waals surface area contributed by atoms with E-state index in [0.29, 0.717) is 23.4 Å². The predicted molar refractivity (Wildman–Crippen MR) is 124 cm³/mol. The number of carbonyl (C=O) groups is 2. The summed E-state index contributed by atoms with van der Waals surface area (Å²) in [5, 5.41) is 6.30. The van der Waals surface area contributed by atoms with E-state index in [9.17, 15) is 14.0 Å². The van der Waals surface area contributed by atoms with Gasteiger partial charge in [-0.15, -0.1) is 0 Å². The number of ether oxygens (including phenoxy) is 1. The van der Waals surface area contributed by atoms with E-state index in [1.807, 2.05) is 13.0 Å². The summed E-state index contributed by atoms with van der Waals surface area (Å²) in [6, 6.07) is 16.4. The van der Waals surface area contributed by atoms with Gasteiger partial charge in [0.05, 0.1) is 5.01 Å². The van der Waals surface area contributed by atoms with E-state index in [1.54, 1.807) is 36.4 Å². The van der Waals surface area contributed by atoms with Gasteiger partial charge in [-0.05, 0) is 50.1 Å². The molecule has 1 aliphatic carbocycles. The first-order valence-corrected chi connectivity index (χ1v) is 11.1. The highest BCUT2D eigenvalue weighted by atomic mass is 32.1. The van der Waals surface area contributed by atoms with Crippen LogP contribution in [0.4, 0.5) is 15.8 Å². The Kier molecular flexibility index (Phi) is 5.26. The van der Waals surface area contributed by atoms with Crippen LogP contribution >= 0.6 is 11.3 Å². The summed E-state index contributed by atoms with van der Waals surface area (Å²) in [4.78, 5) is 34.9. The molecule has 0 atom stereocenters. The second kappa shape index (κ2) is 8.25. The third-order valence-corrected chi connectivity index (χ3v) is 6.27. The van der Waals surface area contributed by atoms with E-state index in [-0.39, 0.29) is 23.2 Å². The number of rotatable bonds is 6. The van der Waals surface area contributed by atoms with Crippen molar-refractivity contribution in [3.05, 3.63) is 71.5 Å². The van der Waals surface area contributed by atoms with Gasteiger partial charge in [0, 0.05) is 23.5 Å². The number of fused-ring (bicyclic) bond motifs is 1. The molecule has 1 aliphatic rings. The monoisotopic (exact) mass is 462 g/mol. The molecular weight excluding hydrogens is 443 g/mol. The Morgan fingerprint density at radius 1 is 0.970 bits per heavy atom. The maximum atomic E-state index is 14.7. The lowest BCUT2D eigenvalue weighted by Crippen LogP contribution is -2.35. The molecule has 2 amide bonds. The second-order valence-corrected chi connectivity index (χ2v) is 8.99. The molecule has 2 aromatic carbocycles. The van der Waals surface area contributed by atoms with E-state index in [2.05, 4.69) is 20.6 Å². The zero-order chi connectivity index (χ0) is 23.0. The number of nitrogens with one attached hydrogen (secondary N) is 2. The molecule has 2 heterocycles. The Hall–Kier alpha value is -3.85. The number of aromatic nitrogens is 2. The number of aryl methyl sites for hydroxylation is 1. The molecule has 5 rings (SSSR count). The van der Waals surface area contributed by atoms with Crippen molar-refractivity contribution in [2.24, 2.45) is 5.41 Å². The van der Waals surface area contributed by atoms with Crippen LogP contribution in [0.1, 0.15) is 17.8 Å². The van der Waals surface area contributed by atoms with Crippen LogP contribution in [-0.4, -0.2) is 21.8 Å². The summed E-state index contributed by atoms with van der Waals surface area (Å²) < 4.78 is 20.3. The molecule has 4 aromatic rings. The molecule has 0 saturated heterocycles. The van der Waals surface area contributed by atoms with E-state index in [1.165, 1.54) is 23.5 Å².